The van der Waals surface area contributed by atoms with Crippen molar-refractivity contribution in [1.29, 1.82) is 0 Å². The highest BCUT2D eigenvalue weighted by Gasteiger charge is 2.28. The number of nitro groups is 1. The van der Waals surface area contributed by atoms with Crippen molar-refractivity contribution < 1.29 is 18.1 Å². The van der Waals surface area contributed by atoms with Crippen molar-refractivity contribution in [3.8, 4) is 5.75 Å². The SMILES string of the molecule is Cc1c(Cl)cc(S(=O)(=O)N[C@@H]2CCOc3ccccc32)cc1[N+](=O)[O-]. The number of ether oxygens (including phenoxy) is 1. The van der Waals surface area contributed by atoms with E-state index in [0.29, 0.717) is 18.8 Å². The highest BCUT2D eigenvalue weighted by atomic mass is 35.5. The zero-order valence-electron chi connectivity index (χ0n) is 13.2. The number of para-hydroxylation sites is 1. The molecule has 1 aliphatic rings. The van der Waals surface area contributed by atoms with E-state index < -0.39 is 21.0 Å². The zero-order chi connectivity index (χ0) is 18.2. The first-order valence-electron chi connectivity index (χ1n) is 7.48. The molecule has 0 aromatic heterocycles. The molecule has 0 fully saturated rings. The number of fused-ring (bicyclic) bond motifs is 1. The van der Waals surface area contributed by atoms with Gasteiger partial charge in [-0.1, -0.05) is 29.8 Å². The lowest BCUT2D eigenvalue weighted by Crippen LogP contribution is -2.32. The van der Waals surface area contributed by atoms with Crippen LogP contribution >= 0.6 is 11.6 Å². The van der Waals surface area contributed by atoms with Crippen LogP contribution in [0.1, 0.15) is 23.6 Å². The summed E-state index contributed by atoms with van der Waals surface area (Å²) in [4.78, 5) is 10.2. The summed E-state index contributed by atoms with van der Waals surface area (Å²) in [5, 5.41) is 11.2. The first-order valence-corrected chi connectivity index (χ1v) is 9.34. The minimum Gasteiger partial charge on any atom is -0.493 e. The van der Waals surface area contributed by atoms with Crippen LogP contribution in [-0.4, -0.2) is 19.9 Å². The number of nitro benzene ring substituents is 1. The first kappa shape index (κ1) is 17.7. The molecule has 7 nitrogen and oxygen atoms in total. The lowest BCUT2D eigenvalue weighted by Gasteiger charge is -2.26. The Labute approximate surface area is 149 Å². The van der Waals surface area contributed by atoms with Crippen LogP contribution < -0.4 is 9.46 Å². The molecule has 0 unspecified atom stereocenters. The second-order valence-corrected chi connectivity index (χ2v) is 7.78. The Morgan fingerprint density at radius 1 is 1.32 bits per heavy atom. The summed E-state index contributed by atoms with van der Waals surface area (Å²) in [6.07, 6.45) is 0.456. The van der Waals surface area contributed by atoms with Crippen LogP contribution in [0.3, 0.4) is 0 Å². The monoisotopic (exact) mass is 382 g/mol. The maximum absolute atomic E-state index is 12.7. The highest BCUT2D eigenvalue weighted by molar-refractivity contribution is 7.89. The third-order valence-corrected chi connectivity index (χ3v) is 5.90. The van der Waals surface area contributed by atoms with Gasteiger partial charge in [0.25, 0.3) is 5.69 Å². The summed E-state index contributed by atoms with van der Waals surface area (Å²) in [7, 11) is -3.99. The van der Waals surface area contributed by atoms with Gasteiger partial charge in [0.05, 0.1) is 27.5 Å². The third-order valence-electron chi connectivity index (χ3n) is 4.05. The molecule has 1 heterocycles. The molecular formula is C16H15ClN2O5S. The van der Waals surface area contributed by atoms with Gasteiger partial charge in [0.15, 0.2) is 0 Å². The van der Waals surface area contributed by atoms with Crippen molar-refractivity contribution in [2.75, 3.05) is 6.61 Å². The van der Waals surface area contributed by atoms with E-state index in [-0.39, 0.29) is 21.2 Å². The van der Waals surface area contributed by atoms with Crippen molar-refractivity contribution in [2.45, 2.75) is 24.3 Å². The normalized spacial score (nSPS) is 16.8. The Kier molecular flexibility index (Phi) is 4.68. The number of hydrogen-bond acceptors (Lipinski definition) is 5. The van der Waals surface area contributed by atoms with Crippen LogP contribution in [-0.2, 0) is 10.0 Å². The van der Waals surface area contributed by atoms with Crippen molar-refractivity contribution in [3.63, 3.8) is 0 Å². The number of sulfonamides is 1. The van der Waals surface area contributed by atoms with E-state index in [1.165, 1.54) is 13.0 Å². The number of rotatable bonds is 4. The molecular weight excluding hydrogens is 368 g/mol. The van der Waals surface area contributed by atoms with Crippen LogP contribution in [0.5, 0.6) is 5.75 Å². The van der Waals surface area contributed by atoms with Gasteiger partial charge < -0.3 is 4.74 Å². The molecule has 9 heteroatoms. The molecule has 132 valence electrons. The Balaban J connectivity index is 1.98. The molecule has 2 aromatic rings. The molecule has 0 saturated heterocycles. The van der Waals surface area contributed by atoms with Crippen molar-refractivity contribution >= 4 is 27.3 Å². The summed E-state index contributed by atoms with van der Waals surface area (Å²) in [6, 6.07) is 8.91. The minimum atomic E-state index is -3.99. The van der Waals surface area contributed by atoms with Crippen molar-refractivity contribution in [2.24, 2.45) is 0 Å². The van der Waals surface area contributed by atoms with E-state index in [1.807, 2.05) is 0 Å². The number of hydrogen-bond donors (Lipinski definition) is 1. The summed E-state index contributed by atoms with van der Waals surface area (Å²) < 4.78 is 33.5. The van der Waals surface area contributed by atoms with Crippen LogP contribution in [0.4, 0.5) is 5.69 Å². The Bertz CT molecular complexity index is 946. The Morgan fingerprint density at radius 2 is 2.04 bits per heavy atom. The minimum absolute atomic E-state index is 0.0296. The summed E-state index contributed by atoms with van der Waals surface area (Å²) in [5.74, 6) is 0.620. The molecule has 1 aliphatic heterocycles. The molecule has 0 radical (unpaired) electrons. The second kappa shape index (κ2) is 6.62. The van der Waals surface area contributed by atoms with Gasteiger partial charge in [-0.3, -0.25) is 10.1 Å². The molecule has 0 saturated carbocycles. The van der Waals surface area contributed by atoms with E-state index in [1.54, 1.807) is 24.3 Å². The molecule has 25 heavy (non-hydrogen) atoms. The van der Waals surface area contributed by atoms with E-state index >= 15 is 0 Å². The predicted molar refractivity (Wildman–Crippen MR) is 92.5 cm³/mol. The van der Waals surface area contributed by atoms with Crippen molar-refractivity contribution in [1.82, 2.24) is 4.72 Å². The average Bonchev–Trinajstić information content (AvgIpc) is 2.57. The Hall–Kier alpha value is -2.16. The van der Waals surface area contributed by atoms with E-state index in [0.717, 1.165) is 11.6 Å². The van der Waals surface area contributed by atoms with Gasteiger partial charge >= 0.3 is 0 Å². The van der Waals surface area contributed by atoms with Crippen LogP contribution in [0.15, 0.2) is 41.3 Å². The Morgan fingerprint density at radius 3 is 2.76 bits per heavy atom. The molecule has 3 rings (SSSR count). The standard InChI is InChI=1S/C16H15ClN2O5S/c1-10-13(17)8-11(9-15(10)19(20)21)25(22,23)18-14-6-7-24-16-5-3-2-4-12(14)16/h2-5,8-9,14,18H,6-7H2,1H3/t14-/m1/s1. The summed E-state index contributed by atoms with van der Waals surface area (Å²) in [5.41, 5.74) is 0.618. The molecule has 0 amide bonds. The molecule has 2 aromatic carbocycles. The molecule has 0 bridgehead atoms. The fraction of sp³-hybridized carbons (Fsp3) is 0.250. The molecule has 0 spiro atoms. The molecule has 0 aliphatic carbocycles. The van der Waals surface area contributed by atoms with Gasteiger partial charge in [-0.25, -0.2) is 13.1 Å². The van der Waals surface area contributed by atoms with Crippen LogP contribution in [0.2, 0.25) is 5.02 Å². The second-order valence-electron chi connectivity index (χ2n) is 5.66. The van der Waals surface area contributed by atoms with E-state index in [4.69, 9.17) is 16.3 Å². The van der Waals surface area contributed by atoms with E-state index in [2.05, 4.69) is 4.72 Å². The largest absolute Gasteiger partial charge is 0.493 e. The number of nitrogens with zero attached hydrogens (tertiary/aromatic N) is 1. The van der Waals surface area contributed by atoms with Gasteiger partial charge in [-0.05, 0) is 19.1 Å². The topological polar surface area (TPSA) is 98.5 Å². The first-order chi connectivity index (χ1) is 11.8. The highest BCUT2D eigenvalue weighted by Crippen LogP contribution is 2.34. The van der Waals surface area contributed by atoms with Gasteiger partial charge in [-0.15, -0.1) is 0 Å². The van der Waals surface area contributed by atoms with E-state index in [9.17, 15) is 18.5 Å². The van der Waals surface area contributed by atoms with Crippen LogP contribution in [0, 0.1) is 17.0 Å². The predicted octanol–water partition coefficient (Wildman–Crippen LogP) is 3.36. The fourth-order valence-electron chi connectivity index (χ4n) is 2.70. The number of halogens is 1. The number of benzene rings is 2. The lowest BCUT2D eigenvalue weighted by molar-refractivity contribution is -0.385. The van der Waals surface area contributed by atoms with Gasteiger partial charge in [-0.2, -0.15) is 0 Å². The average molecular weight is 383 g/mol. The molecule has 1 atom stereocenters. The smallest absolute Gasteiger partial charge is 0.275 e. The quantitative estimate of drug-likeness (QED) is 0.645. The lowest BCUT2D eigenvalue weighted by atomic mass is 10.0. The molecule has 1 N–H and O–H groups in total. The van der Waals surface area contributed by atoms with Crippen LogP contribution in [0.25, 0.3) is 0 Å². The van der Waals surface area contributed by atoms with Gasteiger partial charge in [0.2, 0.25) is 10.0 Å². The zero-order valence-corrected chi connectivity index (χ0v) is 14.8. The van der Waals surface area contributed by atoms with Crippen molar-refractivity contribution in [3.05, 3.63) is 62.7 Å². The van der Waals surface area contributed by atoms with Gasteiger partial charge in [0.1, 0.15) is 5.75 Å². The maximum Gasteiger partial charge on any atom is 0.275 e. The maximum atomic E-state index is 12.7. The fourth-order valence-corrected chi connectivity index (χ4v) is 4.28. The third kappa shape index (κ3) is 3.46. The summed E-state index contributed by atoms with van der Waals surface area (Å²) in [6.45, 7) is 1.85. The number of nitrogens with one attached hydrogen (secondary N) is 1. The van der Waals surface area contributed by atoms with Gasteiger partial charge in [0, 0.05) is 23.6 Å². The summed E-state index contributed by atoms with van der Waals surface area (Å²) >= 11 is 5.98.